The van der Waals surface area contributed by atoms with Crippen molar-refractivity contribution in [2.24, 2.45) is 0 Å². The van der Waals surface area contributed by atoms with Gasteiger partial charge in [0.2, 0.25) is 0 Å². The number of hydrogen-bond donors (Lipinski definition) is 1. The van der Waals surface area contributed by atoms with Gasteiger partial charge in [0.15, 0.2) is 6.10 Å². The molecule has 6 heteroatoms. The fraction of sp³-hybridized carbons (Fsp3) is 0.263. The van der Waals surface area contributed by atoms with Crippen molar-refractivity contribution in [3.63, 3.8) is 0 Å². The molecule has 1 N–H and O–H groups in total. The number of amides is 1. The lowest BCUT2D eigenvalue weighted by Crippen LogP contribution is -2.36. The van der Waals surface area contributed by atoms with Crippen molar-refractivity contribution >= 4 is 11.9 Å². The first-order valence-electron chi connectivity index (χ1n) is 7.86. The molecule has 2 aromatic carbocycles. The SMILES string of the molecule is Cc1ccc(C(=O)O[C@H](C)C(=O)NCCc2ccc(F)cc2)cc1F. The number of benzene rings is 2. The molecule has 0 unspecified atom stereocenters. The van der Waals surface area contributed by atoms with Gasteiger partial charge in [0.25, 0.3) is 5.91 Å². The Labute approximate surface area is 144 Å². The van der Waals surface area contributed by atoms with E-state index in [0.29, 0.717) is 18.5 Å². The van der Waals surface area contributed by atoms with Crippen LogP contribution in [-0.4, -0.2) is 24.5 Å². The van der Waals surface area contributed by atoms with E-state index in [9.17, 15) is 18.4 Å². The molecule has 0 radical (unpaired) electrons. The minimum atomic E-state index is -1.01. The highest BCUT2D eigenvalue weighted by molar-refractivity contribution is 5.92. The Hall–Kier alpha value is -2.76. The molecule has 0 bridgehead atoms. The van der Waals surface area contributed by atoms with Gasteiger partial charge in [-0.25, -0.2) is 13.6 Å². The molecule has 25 heavy (non-hydrogen) atoms. The average Bonchev–Trinajstić information content (AvgIpc) is 2.58. The predicted molar refractivity (Wildman–Crippen MR) is 89.1 cm³/mol. The van der Waals surface area contributed by atoms with Crippen LogP contribution in [-0.2, 0) is 16.0 Å². The highest BCUT2D eigenvalue weighted by atomic mass is 19.1. The van der Waals surface area contributed by atoms with Crippen LogP contribution in [0.4, 0.5) is 8.78 Å². The number of rotatable bonds is 6. The van der Waals surface area contributed by atoms with Gasteiger partial charge in [-0.2, -0.15) is 0 Å². The van der Waals surface area contributed by atoms with Crippen molar-refractivity contribution in [3.05, 3.63) is 70.8 Å². The van der Waals surface area contributed by atoms with Gasteiger partial charge in [-0.05, 0) is 55.7 Å². The van der Waals surface area contributed by atoms with Crippen molar-refractivity contribution in [3.8, 4) is 0 Å². The van der Waals surface area contributed by atoms with Crippen molar-refractivity contribution in [1.29, 1.82) is 0 Å². The van der Waals surface area contributed by atoms with E-state index in [1.807, 2.05) is 0 Å². The third-order valence-corrected chi connectivity index (χ3v) is 3.69. The molecular formula is C19H19F2NO3. The third-order valence-electron chi connectivity index (χ3n) is 3.69. The molecule has 0 aliphatic rings. The number of hydrogen-bond acceptors (Lipinski definition) is 3. The predicted octanol–water partition coefficient (Wildman–Crippen LogP) is 3.18. The van der Waals surface area contributed by atoms with E-state index in [-0.39, 0.29) is 11.4 Å². The number of aryl methyl sites for hydroxylation is 1. The summed E-state index contributed by atoms with van der Waals surface area (Å²) in [5.74, 6) is -2.05. The standard InChI is InChI=1S/C19H19F2NO3/c1-12-3-6-15(11-17(12)21)19(24)25-13(2)18(23)22-10-9-14-4-7-16(20)8-5-14/h3-8,11,13H,9-10H2,1-2H3,(H,22,23)/t13-/m1/s1. The fourth-order valence-electron chi connectivity index (χ4n) is 2.13. The Morgan fingerprint density at radius 3 is 2.44 bits per heavy atom. The summed E-state index contributed by atoms with van der Waals surface area (Å²) in [6.07, 6.45) is -0.486. The molecular weight excluding hydrogens is 328 g/mol. The maximum absolute atomic E-state index is 13.5. The van der Waals surface area contributed by atoms with Crippen LogP contribution < -0.4 is 5.32 Å². The quantitative estimate of drug-likeness (QED) is 0.817. The Balaban J connectivity index is 1.81. The van der Waals surface area contributed by atoms with E-state index in [1.165, 1.54) is 31.2 Å². The van der Waals surface area contributed by atoms with Crippen molar-refractivity contribution < 1.29 is 23.1 Å². The molecule has 132 valence electrons. The number of halogens is 2. The van der Waals surface area contributed by atoms with Gasteiger partial charge in [0.05, 0.1) is 5.56 Å². The fourth-order valence-corrected chi connectivity index (χ4v) is 2.13. The summed E-state index contributed by atoms with van der Waals surface area (Å²) in [4.78, 5) is 23.9. The van der Waals surface area contributed by atoms with E-state index in [0.717, 1.165) is 11.6 Å². The molecule has 0 heterocycles. The van der Waals surface area contributed by atoms with Gasteiger partial charge in [0.1, 0.15) is 11.6 Å². The zero-order chi connectivity index (χ0) is 18.4. The van der Waals surface area contributed by atoms with Crippen molar-refractivity contribution in [1.82, 2.24) is 5.32 Å². The van der Waals surface area contributed by atoms with E-state index < -0.39 is 23.8 Å². The monoisotopic (exact) mass is 347 g/mol. The van der Waals surface area contributed by atoms with Gasteiger partial charge >= 0.3 is 5.97 Å². The van der Waals surface area contributed by atoms with Crippen LogP contribution in [0.15, 0.2) is 42.5 Å². The first kappa shape index (κ1) is 18.6. The van der Waals surface area contributed by atoms with Crippen LogP contribution in [0, 0.1) is 18.6 Å². The number of carbonyl (C=O) groups excluding carboxylic acids is 2. The summed E-state index contributed by atoms with van der Waals surface area (Å²) in [5, 5.41) is 2.64. The number of nitrogens with one attached hydrogen (secondary N) is 1. The van der Waals surface area contributed by atoms with E-state index in [2.05, 4.69) is 5.32 Å². The topological polar surface area (TPSA) is 55.4 Å². The molecule has 0 aliphatic heterocycles. The van der Waals surface area contributed by atoms with Gasteiger partial charge in [-0.15, -0.1) is 0 Å². The molecule has 1 atom stereocenters. The second-order valence-corrected chi connectivity index (χ2v) is 5.68. The highest BCUT2D eigenvalue weighted by Crippen LogP contribution is 2.11. The second-order valence-electron chi connectivity index (χ2n) is 5.68. The Bertz CT molecular complexity index is 760. The largest absolute Gasteiger partial charge is 0.449 e. The van der Waals surface area contributed by atoms with Crippen molar-refractivity contribution in [2.75, 3.05) is 6.54 Å². The van der Waals surface area contributed by atoms with Crippen molar-refractivity contribution in [2.45, 2.75) is 26.4 Å². The van der Waals surface area contributed by atoms with Crippen LogP contribution >= 0.6 is 0 Å². The average molecular weight is 347 g/mol. The zero-order valence-corrected chi connectivity index (χ0v) is 14.0. The first-order chi connectivity index (χ1) is 11.9. The number of ether oxygens (including phenoxy) is 1. The van der Waals surface area contributed by atoms with Gasteiger partial charge in [-0.3, -0.25) is 4.79 Å². The molecule has 0 aromatic heterocycles. The van der Waals surface area contributed by atoms with Crippen LogP contribution in [0.2, 0.25) is 0 Å². The molecule has 2 rings (SSSR count). The smallest absolute Gasteiger partial charge is 0.339 e. The lowest BCUT2D eigenvalue weighted by molar-refractivity contribution is -0.129. The molecule has 0 saturated carbocycles. The summed E-state index contributed by atoms with van der Waals surface area (Å²) < 4.78 is 31.3. The van der Waals surface area contributed by atoms with Gasteiger partial charge in [0, 0.05) is 6.54 Å². The minimum Gasteiger partial charge on any atom is -0.449 e. The molecule has 0 spiro atoms. The van der Waals surface area contributed by atoms with Crippen LogP contribution in [0.3, 0.4) is 0 Å². The Morgan fingerprint density at radius 1 is 1.12 bits per heavy atom. The molecule has 0 aliphatic carbocycles. The summed E-state index contributed by atoms with van der Waals surface area (Å²) in [6.45, 7) is 3.35. The van der Waals surface area contributed by atoms with E-state index >= 15 is 0 Å². The first-order valence-corrected chi connectivity index (χ1v) is 7.86. The summed E-state index contributed by atoms with van der Waals surface area (Å²) in [7, 11) is 0. The zero-order valence-electron chi connectivity index (χ0n) is 14.0. The number of esters is 1. The van der Waals surface area contributed by atoms with Crippen LogP contribution in [0.25, 0.3) is 0 Å². The lowest BCUT2D eigenvalue weighted by Gasteiger charge is -2.14. The van der Waals surface area contributed by atoms with E-state index in [1.54, 1.807) is 19.1 Å². The van der Waals surface area contributed by atoms with Gasteiger partial charge < -0.3 is 10.1 Å². The Kier molecular flexibility index (Phi) is 6.22. The molecule has 0 saturated heterocycles. The molecule has 2 aromatic rings. The lowest BCUT2D eigenvalue weighted by atomic mass is 10.1. The second kappa shape index (κ2) is 8.37. The van der Waals surface area contributed by atoms with Crippen LogP contribution in [0.1, 0.15) is 28.4 Å². The van der Waals surface area contributed by atoms with Crippen LogP contribution in [0.5, 0.6) is 0 Å². The maximum atomic E-state index is 13.5. The summed E-state index contributed by atoms with van der Waals surface area (Å²) in [6, 6.07) is 9.97. The number of carbonyl (C=O) groups is 2. The third kappa shape index (κ3) is 5.38. The maximum Gasteiger partial charge on any atom is 0.339 e. The molecule has 1 amide bonds. The summed E-state index contributed by atoms with van der Waals surface area (Å²) >= 11 is 0. The normalized spacial score (nSPS) is 11.7. The molecule has 4 nitrogen and oxygen atoms in total. The van der Waals surface area contributed by atoms with Gasteiger partial charge in [-0.1, -0.05) is 18.2 Å². The highest BCUT2D eigenvalue weighted by Gasteiger charge is 2.19. The van der Waals surface area contributed by atoms with E-state index in [4.69, 9.17) is 4.74 Å². The summed E-state index contributed by atoms with van der Waals surface area (Å²) in [5.41, 5.74) is 1.35. The molecule has 0 fully saturated rings. The minimum absolute atomic E-state index is 0.0501. The Morgan fingerprint density at radius 2 is 1.80 bits per heavy atom.